The van der Waals surface area contributed by atoms with E-state index in [1.54, 1.807) is 11.3 Å². The number of benzene rings is 3. The standard InChI is InChI=1S/C21H14N4S/c1-13-10-11-18-19(12-13)25-17-9-5-3-7-15(17)23-21(25)26-20-22-14-6-2-4-8-16(14)24(18)20/h2-12H,1H3. The third-order valence-corrected chi connectivity index (χ3v) is 5.77. The summed E-state index contributed by atoms with van der Waals surface area (Å²) in [5.74, 6) is 0. The normalized spacial score (nSPS) is 12.0. The highest BCUT2D eigenvalue weighted by Gasteiger charge is 2.13. The molecule has 0 saturated carbocycles. The van der Waals surface area contributed by atoms with E-state index in [2.05, 4.69) is 70.3 Å². The van der Waals surface area contributed by atoms with E-state index in [4.69, 9.17) is 9.97 Å². The second-order valence-corrected chi connectivity index (χ2v) is 7.47. The molecule has 0 N–H and O–H groups in total. The van der Waals surface area contributed by atoms with E-state index in [-0.39, 0.29) is 0 Å². The molecule has 0 spiro atoms. The molecular formula is C21H14N4S. The van der Waals surface area contributed by atoms with Gasteiger partial charge in [0.25, 0.3) is 0 Å². The zero-order valence-corrected chi connectivity index (χ0v) is 14.9. The number of hydrogen-bond acceptors (Lipinski definition) is 3. The number of imidazole rings is 2. The Bertz CT molecular complexity index is 1500. The first-order valence-electron chi connectivity index (χ1n) is 8.54. The average Bonchev–Trinajstić information content (AvgIpc) is 3.16. The lowest BCUT2D eigenvalue weighted by Crippen LogP contribution is -1.89. The van der Waals surface area contributed by atoms with Gasteiger partial charge in [-0.25, -0.2) is 9.97 Å². The lowest BCUT2D eigenvalue weighted by Gasteiger charge is -2.02. The van der Waals surface area contributed by atoms with Gasteiger partial charge in [0, 0.05) is 0 Å². The predicted octanol–water partition coefficient (Wildman–Crippen LogP) is 5.37. The Balaban J connectivity index is 2.03. The van der Waals surface area contributed by atoms with Crippen LogP contribution in [0.25, 0.3) is 43.0 Å². The second kappa shape index (κ2) is 4.93. The molecular weight excluding hydrogens is 340 g/mol. The molecule has 0 saturated heterocycles. The largest absolute Gasteiger partial charge is 0.282 e. The Kier molecular flexibility index (Phi) is 2.66. The molecule has 0 aliphatic heterocycles. The fraction of sp³-hybridized carbons (Fsp3) is 0.0476. The summed E-state index contributed by atoms with van der Waals surface area (Å²) >= 11 is 1.62. The molecule has 0 aliphatic carbocycles. The summed E-state index contributed by atoms with van der Waals surface area (Å²) in [6, 6.07) is 23.2. The monoisotopic (exact) mass is 354 g/mol. The van der Waals surface area contributed by atoms with E-state index in [0.29, 0.717) is 0 Å². The molecule has 0 bridgehead atoms. The van der Waals surface area contributed by atoms with Crippen molar-refractivity contribution in [3.05, 3.63) is 72.3 Å². The van der Waals surface area contributed by atoms with Crippen LogP contribution in [0.3, 0.4) is 0 Å². The number of hydrogen-bond donors (Lipinski definition) is 0. The van der Waals surface area contributed by atoms with E-state index in [0.717, 1.165) is 43.0 Å². The molecule has 26 heavy (non-hydrogen) atoms. The van der Waals surface area contributed by atoms with Gasteiger partial charge in [-0.1, -0.05) is 41.7 Å². The van der Waals surface area contributed by atoms with Gasteiger partial charge in [-0.3, -0.25) is 8.80 Å². The fourth-order valence-electron chi connectivity index (χ4n) is 3.69. The smallest absolute Gasteiger partial charge is 0.198 e. The third kappa shape index (κ3) is 1.78. The van der Waals surface area contributed by atoms with Gasteiger partial charge in [-0.2, -0.15) is 0 Å². The van der Waals surface area contributed by atoms with Gasteiger partial charge in [0.1, 0.15) is 0 Å². The molecule has 4 nitrogen and oxygen atoms in total. The van der Waals surface area contributed by atoms with Crippen molar-refractivity contribution in [2.24, 2.45) is 0 Å². The highest BCUT2D eigenvalue weighted by atomic mass is 32.1. The summed E-state index contributed by atoms with van der Waals surface area (Å²) < 4.78 is 4.50. The minimum absolute atomic E-state index is 0.949. The number of para-hydroxylation sites is 4. The van der Waals surface area contributed by atoms with Crippen molar-refractivity contribution in [2.45, 2.75) is 6.92 Å². The lowest BCUT2D eigenvalue weighted by atomic mass is 10.2. The zero-order chi connectivity index (χ0) is 17.3. The van der Waals surface area contributed by atoms with Crippen molar-refractivity contribution in [3.63, 3.8) is 0 Å². The van der Waals surface area contributed by atoms with Crippen molar-refractivity contribution in [2.75, 3.05) is 0 Å². The lowest BCUT2D eigenvalue weighted by molar-refractivity contribution is 1.28. The van der Waals surface area contributed by atoms with Gasteiger partial charge < -0.3 is 0 Å². The van der Waals surface area contributed by atoms with Crippen LogP contribution in [0.2, 0.25) is 0 Å². The average molecular weight is 354 g/mol. The molecule has 0 atom stereocenters. The van der Waals surface area contributed by atoms with Crippen LogP contribution < -0.4 is 0 Å². The molecule has 6 rings (SSSR count). The van der Waals surface area contributed by atoms with Gasteiger partial charge in [0.05, 0.1) is 33.1 Å². The van der Waals surface area contributed by atoms with E-state index < -0.39 is 0 Å². The highest BCUT2D eigenvalue weighted by Crippen LogP contribution is 2.30. The molecule has 0 fully saturated rings. The Morgan fingerprint density at radius 3 is 1.88 bits per heavy atom. The fourth-order valence-corrected chi connectivity index (χ4v) is 4.72. The van der Waals surface area contributed by atoms with E-state index in [1.807, 2.05) is 12.1 Å². The quantitative estimate of drug-likeness (QED) is 0.367. The van der Waals surface area contributed by atoms with Crippen molar-refractivity contribution >= 4 is 54.4 Å². The van der Waals surface area contributed by atoms with Crippen molar-refractivity contribution < 1.29 is 0 Å². The van der Waals surface area contributed by atoms with Gasteiger partial charge in [0.2, 0.25) is 0 Å². The topological polar surface area (TPSA) is 34.6 Å². The molecule has 3 heterocycles. The van der Waals surface area contributed by atoms with Crippen LogP contribution in [0.15, 0.2) is 66.7 Å². The Morgan fingerprint density at radius 2 is 1.23 bits per heavy atom. The Hall–Kier alpha value is -3.18. The maximum atomic E-state index is 4.88. The van der Waals surface area contributed by atoms with Crippen LogP contribution >= 0.6 is 11.3 Å². The van der Waals surface area contributed by atoms with Gasteiger partial charge in [-0.15, -0.1) is 0 Å². The molecule has 0 radical (unpaired) electrons. The van der Waals surface area contributed by atoms with Gasteiger partial charge in [0.15, 0.2) is 9.92 Å². The maximum absolute atomic E-state index is 4.88. The number of aryl methyl sites for hydroxylation is 1. The minimum Gasteiger partial charge on any atom is -0.282 e. The summed E-state index contributed by atoms with van der Waals surface area (Å²) in [6.07, 6.45) is 0. The van der Waals surface area contributed by atoms with E-state index in [9.17, 15) is 0 Å². The molecule has 6 aromatic rings. The maximum Gasteiger partial charge on any atom is 0.198 e. The first kappa shape index (κ1) is 14.0. The summed E-state index contributed by atoms with van der Waals surface area (Å²) in [6.45, 7) is 2.13. The van der Waals surface area contributed by atoms with Crippen LogP contribution in [-0.2, 0) is 0 Å². The van der Waals surface area contributed by atoms with Crippen molar-refractivity contribution in [3.8, 4) is 0 Å². The number of aromatic nitrogens is 4. The van der Waals surface area contributed by atoms with Gasteiger partial charge in [-0.05, 0) is 48.9 Å². The summed E-state index contributed by atoms with van der Waals surface area (Å²) in [4.78, 5) is 11.7. The van der Waals surface area contributed by atoms with E-state index in [1.165, 1.54) is 5.56 Å². The summed E-state index contributed by atoms with van der Waals surface area (Å²) in [7, 11) is 0. The van der Waals surface area contributed by atoms with Crippen LogP contribution in [0.4, 0.5) is 0 Å². The molecule has 0 aliphatic rings. The second-order valence-electron chi connectivity index (χ2n) is 6.53. The van der Waals surface area contributed by atoms with E-state index >= 15 is 0 Å². The van der Waals surface area contributed by atoms with Crippen LogP contribution in [0.5, 0.6) is 0 Å². The zero-order valence-electron chi connectivity index (χ0n) is 14.0. The molecule has 124 valence electrons. The summed E-state index contributed by atoms with van der Waals surface area (Å²) in [5.41, 5.74) is 7.76. The number of rotatable bonds is 0. The molecule has 0 unspecified atom stereocenters. The predicted molar refractivity (Wildman–Crippen MR) is 108 cm³/mol. The minimum atomic E-state index is 0.949. The molecule has 3 aromatic carbocycles. The third-order valence-electron chi connectivity index (χ3n) is 4.86. The van der Waals surface area contributed by atoms with Crippen LogP contribution in [0, 0.1) is 6.92 Å². The SMILES string of the molecule is Cc1ccc2c(c1)n1c(nc3ccccc31)sc1nc3ccccc3n12. The number of nitrogens with zero attached hydrogens (tertiary/aromatic N) is 4. The number of fused-ring (bicyclic) bond motifs is 9. The Labute approximate surface area is 152 Å². The van der Waals surface area contributed by atoms with Crippen LogP contribution in [-0.4, -0.2) is 18.8 Å². The molecule has 0 amide bonds. The van der Waals surface area contributed by atoms with Crippen LogP contribution in [0.1, 0.15) is 5.56 Å². The van der Waals surface area contributed by atoms with Gasteiger partial charge >= 0.3 is 0 Å². The molecule has 5 heteroatoms. The van der Waals surface area contributed by atoms with Crippen molar-refractivity contribution in [1.29, 1.82) is 0 Å². The first-order valence-corrected chi connectivity index (χ1v) is 9.35. The first-order chi connectivity index (χ1) is 12.8. The Morgan fingerprint density at radius 1 is 0.654 bits per heavy atom. The highest BCUT2D eigenvalue weighted by molar-refractivity contribution is 7.21. The molecule has 3 aromatic heterocycles. The van der Waals surface area contributed by atoms with Crippen molar-refractivity contribution in [1.82, 2.24) is 18.8 Å². The summed E-state index contributed by atoms with van der Waals surface area (Å²) in [5, 5.41) is 0.